The van der Waals surface area contributed by atoms with E-state index in [4.69, 9.17) is 9.05 Å². The van der Waals surface area contributed by atoms with E-state index in [2.05, 4.69) is 20.0 Å². The van der Waals surface area contributed by atoms with Gasteiger partial charge in [0.05, 0.1) is 17.5 Å². The van der Waals surface area contributed by atoms with Gasteiger partial charge < -0.3 is 9.05 Å². The van der Waals surface area contributed by atoms with Gasteiger partial charge in [-0.2, -0.15) is 4.98 Å². The summed E-state index contributed by atoms with van der Waals surface area (Å²) in [6.45, 7) is 3.52. The van der Waals surface area contributed by atoms with Gasteiger partial charge in [0.15, 0.2) is 5.82 Å². The van der Waals surface area contributed by atoms with Gasteiger partial charge in [0.1, 0.15) is 5.76 Å². The molecule has 126 valence electrons. The van der Waals surface area contributed by atoms with Gasteiger partial charge >= 0.3 is 0 Å². The molecule has 0 radical (unpaired) electrons. The topological polar surface area (TPSA) is 111 Å². The Hall–Kier alpha value is -2.52. The minimum Gasteiger partial charge on any atom is -0.361 e. The molecular weight excluding hydrogens is 332 g/mol. The summed E-state index contributed by atoms with van der Waals surface area (Å²) >= 11 is 0. The number of hydrogen-bond acceptors (Lipinski definition) is 7. The number of rotatable bonds is 6. The van der Waals surface area contributed by atoms with Crippen LogP contribution in [-0.4, -0.2) is 29.8 Å². The SMILES string of the molecule is CC(C)NS(=O)(=O)c1cccc(-c2nc(Cc3ccno3)no2)c1. The molecule has 0 aliphatic heterocycles. The molecule has 0 spiro atoms. The molecule has 0 aliphatic rings. The van der Waals surface area contributed by atoms with Crippen molar-refractivity contribution in [2.24, 2.45) is 0 Å². The molecule has 2 aromatic heterocycles. The van der Waals surface area contributed by atoms with Crippen LogP contribution in [-0.2, 0) is 16.4 Å². The summed E-state index contributed by atoms with van der Waals surface area (Å²) < 4.78 is 37.2. The predicted molar refractivity (Wildman–Crippen MR) is 84.5 cm³/mol. The summed E-state index contributed by atoms with van der Waals surface area (Å²) in [5.41, 5.74) is 0.526. The van der Waals surface area contributed by atoms with E-state index in [1.807, 2.05) is 0 Å². The molecule has 0 fully saturated rings. The zero-order valence-electron chi connectivity index (χ0n) is 13.1. The molecule has 0 saturated carbocycles. The number of hydrogen-bond donors (Lipinski definition) is 1. The lowest BCUT2D eigenvalue weighted by Crippen LogP contribution is -2.30. The minimum atomic E-state index is -3.59. The minimum absolute atomic E-state index is 0.142. The predicted octanol–water partition coefficient (Wildman–Crippen LogP) is 2.00. The quantitative estimate of drug-likeness (QED) is 0.725. The van der Waals surface area contributed by atoms with Crippen LogP contribution in [0.3, 0.4) is 0 Å². The van der Waals surface area contributed by atoms with E-state index in [-0.39, 0.29) is 16.8 Å². The number of aromatic nitrogens is 3. The van der Waals surface area contributed by atoms with E-state index in [1.54, 1.807) is 32.0 Å². The molecule has 1 N–H and O–H groups in total. The van der Waals surface area contributed by atoms with Crippen molar-refractivity contribution in [3.8, 4) is 11.5 Å². The summed E-state index contributed by atoms with van der Waals surface area (Å²) in [6.07, 6.45) is 1.88. The maximum Gasteiger partial charge on any atom is 0.257 e. The highest BCUT2D eigenvalue weighted by Gasteiger charge is 2.18. The van der Waals surface area contributed by atoms with E-state index in [1.165, 1.54) is 18.3 Å². The largest absolute Gasteiger partial charge is 0.361 e. The van der Waals surface area contributed by atoms with Gasteiger partial charge in [-0.15, -0.1) is 0 Å². The highest BCUT2D eigenvalue weighted by molar-refractivity contribution is 7.89. The molecule has 24 heavy (non-hydrogen) atoms. The van der Waals surface area contributed by atoms with Gasteiger partial charge in [0.25, 0.3) is 5.89 Å². The average molecular weight is 348 g/mol. The van der Waals surface area contributed by atoms with Gasteiger partial charge in [0, 0.05) is 17.7 Å². The highest BCUT2D eigenvalue weighted by atomic mass is 32.2. The molecule has 0 amide bonds. The van der Waals surface area contributed by atoms with Crippen molar-refractivity contribution >= 4 is 10.0 Å². The fraction of sp³-hybridized carbons (Fsp3) is 0.267. The molecule has 3 rings (SSSR count). The maximum absolute atomic E-state index is 12.2. The van der Waals surface area contributed by atoms with E-state index in [0.29, 0.717) is 23.6 Å². The van der Waals surface area contributed by atoms with Gasteiger partial charge in [-0.1, -0.05) is 16.4 Å². The van der Waals surface area contributed by atoms with Crippen molar-refractivity contribution in [3.63, 3.8) is 0 Å². The highest BCUT2D eigenvalue weighted by Crippen LogP contribution is 2.21. The second-order valence-corrected chi connectivity index (χ2v) is 7.19. The lowest BCUT2D eigenvalue weighted by molar-refractivity contribution is 0.382. The molecule has 2 heterocycles. The zero-order chi connectivity index (χ0) is 17.2. The van der Waals surface area contributed by atoms with Gasteiger partial charge in [-0.25, -0.2) is 13.1 Å². The van der Waals surface area contributed by atoms with Crippen molar-refractivity contribution < 1.29 is 17.5 Å². The molecular formula is C15H16N4O4S. The van der Waals surface area contributed by atoms with Crippen LogP contribution >= 0.6 is 0 Å². The lowest BCUT2D eigenvalue weighted by Gasteiger charge is -2.09. The zero-order valence-corrected chi connectivity index (χ0v) is 13.9. The smallest absolute Gasteiger partial charge is 0.257 e. The Morgan fingerprint density at radius 3 is 2.75 bits per heavy atom. The summed E-state index contributed by atoms with van der Waals surface area (Å²) in [5.74, 6) is 1.28. The molecule has 0 unspecified atom stereocenters. The van der Waals surface area contributed by atoms with Crippen LogP contribution < -0.4 is 4.72 Å². The van der Waals surface area contributed by atoms with Crippen molar-refractivity contribution in [1.29, 1.82) is 0 Å². The van der Waals surface area contributed by atoms with Crippen LogP contribution in [0.25, 0.3) is 11.5 Å². The average Bonchev–Trinajstić information content (AvgIpc) is 3.18. The Morgan fingerprint density at radius 2 is 2.04 bits per heavy atom. The Labute approximate surface area is 138 Å². The summed E-state index contributed by atoms with van der Waals surface area (Å²) in [5, 5.41) is 7.48. The lowest BCUT2D eigenvalue weighted by atomic mass is 10.2. The Kier molecular flexibility index (Phi) is 4.45. The van der Waals surface area contributed by atoms with Gasteiger partial charge in [-0.3, -0.25) is 0 Å². The summed E-state index contributed by atoms with van der Waals surface area (Å²) in [4.78, 5) is 4.40. The molecule has 0 saturated heterocycles. The third kappa shape index (κ3) is 3.69. The molecule has 3 aromatic rings. The standard InChI is InChI=1S/C15H16N4O4S/c1-10(2)19-24(20,21)13-5-3-4-11(8-13)15-17-14(18-23-15)9-12-6-7-16-22-12/h3-8,10,19H,9H2,1-2H3. The summed E-state index contributed by atoms with van der Waals surface area (Å²) in [7, 11) is -3.59. The first-order valence-electron chi connectivity index (χ1n) is 7.29. The number of sulfonamides is 1. The van der Waals surface area contributed by atoms with E-state index in [0.717, 1.165) is 0 Å². The second kappa shape index (κ2) is 6.54. The maximum atomic E-state index is 12.2. The van der Waals surface area contributed by atoms with E-state index in [9.17, 15) is 8.42 Å². The Bertz CT molecular complexity index is 917. The molecule has 0 atom stereocenters. The molecule has 0 aliphatic carbocycles. The third-order valence-corrected chi connectivity index (χ3v) is 4.73. The summed E-state index contributed by atoms with van der Waals surface area (Å²) in [6, 6.07) is 7.86. The van der Waals surface area contributed by atoms with Crippen molar-refractivity contribution in [1.82, 2.24) is 20.0 Å². The third-order valence-electron chi connectivity index (χ3n) is 3.07. The second-order valence-electron chi connectivity index (χ2n) is 5.48. The van der Waals surface area contributed by atoms with Gasteiger partial charge in [-0.05, 0) is 32.0 Å². The molecule has 1 aromatic carbocycles. The van der Waals surface area contributed by atoms with Crippen molar-refractivity contribution in [2.45, 2.75) is 31.2 Å². The van der Waals surface area contributed by atoms with Gasteiger partial charge in [0.2, 0.25) is 10.0 Å². The molecule has 0 bridgehead atoms. The van der Waals surface area contributed by atoms with Crippen molar-refractivity contribution in [2.75, 3.05) is 0 Å². The van der Waals surface area contributed by atoms with Crippen LogP contribution in [0.2, 0.25) is 0 Å². The van der Waals surface area contributed by atoms with E-state index >= 15 is 0 Å². The van der Waals surface area contributed by atoms with Crippen LogP contribution in [0.15, 0.2) is 50.5 Å². The van der Waals surface area contributed by atoms with E-state index < -0.39 is 10.0 Å². The van der Waals surface area contributed by atoms with Crippen LogP contribution in [0, 0.1) is 0 Å². The first-order chi connectivity index (χ1) is 11.4. The number of benzene rings is 1. The molecule has 8 nitrogen and oxygen atoms in total. The molecule has 9 heteroatoms. The fourth-order valence-corrected chi connectivity index (χ4v) is 3.40. The van der Waals surface area contributed by atoms with Crippen LogP contribution in [0.1, 0.15) is 25.4 Å². The van der Waals surface area contributed by atoms with Crippen LogP contribution in [0.4, 0.5) is 0 Å². The Balaban J connectivity index is 1.85. The first-order valence-corrected chi connectivity index (χ1v) is 8.77. The monoisotopic (exact) mass is 348 g/mol. The number of nitrogens with zero attached hydrogens (tertiary/aromatic N) is 3. The Morgan fingerprint density at radius 1 is 1.21 bits per heavy atom. The number of nitrogens with one attached hydrogen (secondary N) is 1. The normalized spacial score (nSPS) is 12.0. The van der Waals surface area contributed by atoms with Crippen molar-refractivity contribution in [3.05, 3.63) is 48.1 Å². The fourth-order valence-electron chi connectivity index (χ4n) is 2.11. The van der Waals surface area contributed by atoms with Crippen LogP contribution in [0.5, 0.6) is 0 Å². The first kappa shape index (κ1) is 16.3.